The number of hydrogen-bond donors (Lipinski definition) is 0. The first-order valence-corrected chi connectivity index (χ1v) is 21.8. The van der Waals surface area contributed by atoms with Crippen molar-refractivity contribution in [1.29, 1.82) is 0 Å². The predicted molar refractivity (Wildman–Crippen MR) is 177 cm³/mol. The minimum atomic E-state index is -2.11. The molecule has 4 aromatic rings. The van der Waals surface area contributed by atoms with Gasteiger partial charge >= 0.3 is 270 Å². The standard InChI is InChI=1S/C36H32Br2Si.2ClH.Zr/c1-5-23-19-27-13-9-17-31(25-11-7-15-29(37)21-25)33(27)35(23)39(3,4)36-24(6-2)20-28-14-10-18-32(34(28)36)26-12-8-16-30(38)22-26;;;/h7-22H,5-6H2,1-4H3;2*1H;/q;;;+2/p-2. The van der Waals surface area contributed by atoms with E-state index in [9.17, 15) is 0 Å². The van der Waals surface area contributed by atoms with Crippen LogP contribution >= 0.6 is 31.9 Å². The molecule has 42 heavy (non-hydrogen) atoms. The Kier molecular flexibility index (Phi) is 9.58. The molecule has 4 bridgehead atoms. The summed E-state index contributed by atoms with van der Waals surface area (Å²) in [6, 6.07) is 32.3. The largest absolute Gasteiger partial charge is 1.00 e. The zero-order valence-corrected chi connectivity index (χ0v) is 32.3. The normalized spacial score (nSPS) is 19.0. The van der Waals surface area contributed by atoms with Crippen molar-refractivity contribution >= 4 is 50.3 Å². The third kappa shape index (κ3) is 4.92. The fourth-order valence-electron chi connectivity index (χ4n) is 7.82. The first kappa shape index (κ1) is 32.4. The Balaban J connectivity index is 0.00000176. The van der Waals surface area contributed by atoms with Crippen LogP contribution in [-0.4, -0.2) is 8.07 Å². The van der Waals surface area contributed by atoms with Gasteiger partial charge in [-0.25, -0.2) is 0 Å². The van der Waals surface area contributed by atoms with Gasteiger partial charge in [0.1, 0.15) is 0 Å². The van der Waals surface area contributed by atoms with Crippen molar-refractivity contribution in [2.24, 2.45) is 0 Å². The maximum atomic E-state index is 3.76. The van der Waals surface area contributed by atoms with Gasteiger partial charge in [-0.15, -0.1) is 0 Å². The summed E-state index contributed by atoms with van der Waals surface area (Å²) in [5, 5.41) is 3.51. The van der Waals surface area contributed by atoms with E-state index < -0.39 is 31.3 Å². The summed E-state index contributed by atoms with van der Waals surface area (Å²) in [7, 11) is -2.11. The van der Waals surface area contributed by atoms with E-state index >= 15 is 0 Å². The van der Waals surface area contributed by atoms with Crippen LogP contribution < -0.4 is 24.8 Å². The minimum Gasteiger partial charge on any atom is -1.00 e. The third-order valence-electron chi connectivity index (χ3n) is 9.27. The van der Waals surface area contributed by atoms with Gasteiger partial charge in [0.2, 0.25) is 0 Å². The van der Waals surface area contributed by atoms with Gasteiger partial charge < -0.3 is 24.8 Å². The Morgan fingerprint density at radius 2 is 1.02 bits per heavy atom. The van der Waals surface area contributed by atoms with E-state index in [-0.39, 0.29) is 24.8 Å². The zero-order chi connectivity index (χ0) is 27.8. The third-order valence-corrected chi connectivity index (χ3v) is 18.8. The van der Waals surface area contributed by atoms with Crippen molar-refractivity contribution in [2.75, 3.05) is 0 Å². The molecule has 0 nitrogen and oxygen atoms in total. The summed E-state index contributed by atoms with van der Waals surface area (Å²) in [5.74, 6) is 0. The molecule has 0 N–H and O–H groups in total. The van der Waals surface area contributed by atoms with Crippen molar-refractivity contribution in [3.8, 4) is 22.3 Å². The second-order valence-electron chi connectivity index (χ2n) is 11.7. The van der Waals surface area contributed by atoms with Gasteiger partial charge in [0.25, 0.3) is 0 Å². The Bertz CT molecular complexity index is 1650. The molecule has 0 aromatic heterocycles. The molecule has 0 fully saturated rings. The van der Waals surface area contributed by atoms with Crippen LogP contribution in [0.15, 0.2) is 105 Å². The molecule has 4 aromatic carbocycles. The van der Waals surface area contributed by atoms with Gasteiger partial charge in [-0.2, -0.15) is 0 Å². The molecule has 3 aliphatic rings. The zero-order valence-electron chi connectivity index (χ0n) is 24.2. The molecule has 0 radical (unpaired) electrons. The van der Waals surface area contributed by atoms with Crippen molar-refractivity contribution in [1.82, 2.24) is 0 Å². The summed E-state index contributed by atoms with van der Waals surface area (Å²) < 4.78 is 3.62. The molecule has 7 rings (SSSR count). The van der Waals surface area contributed by atoms with E-state index in [0.717, 1.165) is 8.95 Å². The van der Waals surface area contributed by atoms with E-state index in [0.29, 0.717) is 7.25 Å². The molecule has 0 amide bonds. The van der Waals surface area contributed by atoms with Crippen LogP contribution in [0.2, 0.25) is 13.1 Å². The molecule has 0 saturated carbocycles. The minimum absolute atomic E-state index is 0. The van der Waals surface area contributed by atoms with Gasteiger partial charge in [-0.05, 0) is 0 Å². The number of allylic oxidation sites excluding steroid dienone is 2. The summed E-state index contributed by atoms with van der Waals surface area (Å²) in [6.07, 6.45) is 2.33. The summed E-state index contributed by atoms with van der Waals surface area (Å²) >= 11 is 6.60. The van der Waals surface area contributed by atoms with Crippen LogP contribution in [0.3, 0.4) is 0 Å². The van der Waals surface area contributed by atoms with E-state index in [2.05, 4.69) is 144 Å². The van der Waals surface area contributed by atoms with Crippen molar-refractivity contribution in [3.05, 3.63) is 127 Å². The Morgan fingerprint density at radius 3 is 1.40 bits per heavy atom. The fourth-order valence-corrected chi connectivity index (χ4v) is 19.2. The summed E-state index contributed by atoms with van der Waals surface area (Å²) in [6.45, 7) is 10.2. The topological polar surface area (TPSA) is 0 Å². The molecule has 0 saturated heterocycles. The number of rotatable bonds is 4. The Labute approximate surface area is 292 Å². The smallest absolute Gasteiger partial charge is 1.00 e. The second kappa shape index (κ2) is 12.4. The molecule has 2 atom stereocenters. The van der Waals surface area contributed by atoms with Gasteiger partial charge in [0.05, 0.1) is 0 Å². The average Bonchev–Trinajstić information content (AvgIpc) is 3.47. The molecule has 2 aliphatic carbocycles. The Morgan fingerprint density at radius 1 is 0.619 bits per heavy atom. The van der Waals surface area contributed by atoms with E-state index in [4.69, 9.17) is 0 Å². The summed E-state index contributed by atoms with van der Waals surface area (Å²) in [4.78, 5) is 0. The van der Waals surface area contributed by atoms with Crippen molar-refractivity contribution in [3.63, 3.8) is 0 Å². The van der Waals surface area contributed by atoms with Crippen molar-refractivity contribution < 1.29 is 48.0 Å². The Hall–Kier alpha value is -1.000. The SMILES string of the molecule is CCC1=C2c3c(-c4cccc(Br)c4)cccc3[CH]1[Zr+2][CH]1C(CC)=C(c3c(-c4cccc(Br)c4)cccc31)[Si]2(C)C.[Cl-].[Cl-]. The van der Waals surface area contributed by atoms with Gasteiger partial charge in [0, 0.05) is 0 Å². The number of benzene rings is 4. The van der Waals surface area contributed by atoms with E-state index in [1.165, 1.54) is 35.1 Å². The number of hydrogen-bond acceptors (Lipinski definition) is 0. The summed E-state index contributed by atoms with van der Waals surface area (Å²) in [5.41, 5.74) is 15.6. The second-order valence-corrected chi connectivity index (χ2v) is 21.5. The molecule has 212 valence electrons. The molecule has 2 unspecified atom stereocenters. The first-order valence-electron chi connectivity index (χ1n) is 14.4. The number of halogens is 4. The van der Waals surface area contributed by atoms with E-state index in [1.807, 2.05) is 0 Å². The number of fused-ring (bicyclic) bond motifs is 8. The van der Waals surface area contributed by atoms with Crippen LogP contribution in [0.1, 0.15) is 56.2 Å². The predicted octanol–water partition coefficient (Wildman–Crippen LogP) is 5.57. The molecule has 1 aliphatic heterocycles. The fraction of sp³-hybridized carbons (Fsp3) is 0.222. The van der Waals surface area contributed by atoms with Crippen LogP contribution in [0.25, 0.3) is 32.6 Å². The van der Waals surface area contributed by atoms with Gasteiger partial charge in [-0.1, -0.05) is 0 Å². The first-order chi connectivity index (χ1) is 19.3. The van der Waals surface area contributed by atoms with Crippen LogP contribution in [0.4, 0.5) is 0 Å². The quantitative estimate of drug-likeness (QED) is 0.237. The van der Waals surface area contributed by atoms with Crippen LogP contribution in [0.5, 0.6) is 0 Å². The molecule has 1 heterocycles. The molecule has 0 spiro atoms. The van der Waals surface area contributed by atoms with Gasteiger partial charge in [-0.3, -0.25) is 0 Å². The molecular formula is C36H32Br2Cl2SiZr. The maximum absolute atomic E-state index is 3.76. The molecular weight excluding hydrogens is 782 g/mol. The average molecular weight is 815 g/mol. The van der Waals surface area contributed by atoms with Crippen LogP contribution in [-0.2, 0) is 23.2 Å². The van der Waals surface area contributed by atoms with Gasteiger partial charge in [0.15, 0.2) is 0 Å². The van der Waals surface area contributed by atoms with Crippen molar-refractivity contribution in [2.45, 2.75) is 47.0 Å². The molecule has 6 heteroatoms. The maximum Gasteiger partial charge on any atom is -1.00 e. The monoisotopic (exact) mass is 810 g/mol. The van der Waals surface area contributed by atoms with Crippen LogP contribution in [0, 0.1) is 0 Å². The van der Waals surface area contributed by atoms with E-state index in [1.54, 1.807) is 43.8 Å².